The van der Waals surface area contributed by atoms with Crippen LogP contribution in [0.15, 0.2) is 24.3 Å². The van der Waals surface area contributed by atoms with Crippen LogP contribution in [0.2, 0.25) is 0 Å². The molecule has 0 aliphatic carbocycles. The molecule has 6 heteroatoms. The Hall–Kier alpha value is -1.76. The number of benzene rings is 1. The number of nitrogens with zero attached hydrogens (tertiary/aromatic N) is 1. The lowest BCUT2D eigenvalue weighted by Gasteiger charge is -2.18. The van der Waals surface area contributed by atoms with Crippen molar-refractivity contribution in [2.45, 2.75) is 6.10 Å². The van der Waals surface area contributed by atoms with Crippen LogP contribution in [-0.4, -0.2) is 46.4 Å². The molecule has 6 nitrogen and oxygen atoms in total. The van der Waals surface area contributed by atoms with Gasteiger partial charge in [-0.15, -0.1) is 5.06 Å². The second-order valence-electron chi connectivity index (χ2n) is 3.54. The van der Waals surface area contributed by atoms with Crippen LogP contribution in [0.3, 0.4) is 0 Å². The second-order valence-corrected chi connectivity index (χ2v) is 3.54. The molecule has 0 atom stereocenters. The number of carbonyl (C=O) groups is 2. The van der Waals surface area contributed by atoms with Gasteiger partial charge in [0.1, 0.15) is 6.10 Å². The third kappa shape index (κ3) is 1.93. The lowest BCUT2D eigenvalue weighted by molar-refractivity contribution is -0.155. The number of hydroxylamine groups is 2. The molecule has 1 aliphatic heterocycles. The molecule has 0 radical (unpaired) electrons. The summed E-state index contributed by atoms with van der Waals surface area (Å²) in [7, 11) is 0. The molecular formula is C11H11NO5. The second kappa shape index (κ2) is 4.62. The van der Waals surface area contributed by atoms with Gasteiger partial charge in [0.25, 0.3) is 11.8 Å². The predicted molar refractivity (Wildman–Crippen MR) is 56.0 cm³/mol. The molecular weight excluding hydrogens is 226 g/mol. The number of aliphatic hydroxyl groups excluding tert-OH is 2. The summed E-state index contributed by atoms with van der Waals surface area (Å²) in [5.74, 6) is -1.17. The number of amides is 2. The topological polar surface area (TPSA) is 87.1 Å². The molecule has 1 heterocycles. The van der Waals surface area contributed by atoms with Gasteiger partial charge in [0.2, 0.25) is 0 Å². The van der Waals surface area contributed by atoms with Gasteiger partial charge in [-0.1, -0.05) is 12.1 Å². The maximum absolute atomic E-state index is 11.8. The molecule has 1 aromatic carbocycles. The molecule has 0 aromatic heterocycles. The van der Waals surface area contributed by atoms with Crippen molar-refractivity contribution < 1.29 is 24.6 Å². The quantitative estimate of drug-likeness (QED) is 0.694. The van der Waals surface area contributed by atoms with Crippen molar-refractivity contribution in [3.8, 4) is 0 Å². The minimum atomic E-state index is -0.989. The Morgan fingerprint density at radius 3 is 1.94 bits per heavy atom. The number of carbonyl (C=O) groups excluding carboxylic acids is 2. The maximum Gasteiger partial charge on any atom is 0.285 e. The SMILES string of the molecule is O=C1c2ccccc2C(=O)N1OC(CO)CO. The van der Waals surface area contributed by atoms with Crippen molar-refractivity contribution in [2.24, 2.45) is 0 Å². The standard InChI is InChI=1S/C11H11NO5/c13-5-7(6-14)17-12-10(15)8-3-1-2-4-9(8)11(12)16/h1-4,7,13-14H,5-6H2. The van der Waals surface area contributed by atoms with Crippen molar-refractivity contribution >= 4 is 11.8 Å². The largest absolute Gasteiger partial charge is 0.393 e. The molecule has 0 bridgehead atoms. The molecule has 1 aliphatic rings. The van der Waals surface area contributed by atoms with Crippen LogP contribution in [0.25, 0.3) is 0 Å². The maximum atomic E-state index is 11.8. The first-order valence-corrected chi connectivity index (χ1v) is 5.05. The van der Waals surface area contributed by atoms with Gasteiger partial charge in [0.15, 0.2) is 0 Å². The van der Waals surface area contributed by atoms with E-state index in [9.17, 15) is 9.59 Å². The van der Waals surface area contributed by atoms with Gasteiger partial charge in [-0.2, -0.15) is 0 Å². The van der Waals surface area contributed by atoms with Gasteiger partial charge < -0.3 is 10.2 Å². The van der Waals surface area contributed by atoms with E-state index < -0.39 is 31.1 Å². The number of imide groups is 1. The van der Waals surface area contributed by atoms with Crippen molar-refractivity contribution in [3.05, 3.63) is 35.4 Å². The van der Waals surface area contributed by atoms with Gasteiger partial charge in [-0.3, -0.25) is 14.4 Å². The van der Waals surface area contributed by atoms with E-state index in [4.69, 9.17) is 15.1 Å². The Kier molecular flexibility index (Phi) is 3.19. The minimum absolute atomic E-state index is 0.257. The number of hydrogen-bond donors (Lipinski definition) is 2. The molecule has 0 spiro atoms. The molecule has 2 amide bonds. The summed E-state index contributed by atoms with van der Waals surface area (Å²) < 4.78 is 0. The average Bonchev–Trinajstić information content (AvgIpc) is 2.61. The molecule has 0 fully saturated rings. The monoisotopic (exact) mass is 237 g/mol. The third-order valence-corrected chi connectivity index (χ3v) is 2.42. The highest BCUT2D eigenvalue weighted by molar-refractivity contribution is 6.20. The first-order valence-electron chi connectivity index (χ1n) is 5.05. The summed E-state index contributed by atoms with van der Waals surface area (Å²) in [6, 6.07) is 6.32. The van der Waals surface area contributed by atoms with E-state index in [2.05, 4.69) is 0 Å². The van der Waals surface area contributed by atoms with Crippen molar-refractivity contribution in [2.75, 3.05) is 13.2 Å². The summed E-state index contributed by atoms with van der Waals surface area (Å²) in [4.78, 5) is 28.5. The van der Waals surface area contributed by atoms with Gasteiger partial charge in [-0.05, 0) is 12.1 Å². The first-order chi connectivity index (χ1) is 8.19. The zero-order valence-electron chi connectivity index (χ0n) is 8.87. The van der Waals surface area contributed by atoms with Crippen molar-refractivity contribution in [1.82, 2.24) is 5.06 Å². The van der Waals surface area contributed by atoms with Gasteiger partial charge in [0, 0.05) is 0 Å². The van der Waals surface area contributed by atoms with E-state index in [0.717, 1.165) is 0 Å². The van der Waals surface area contributed by atoms with E-state index in [-0.39, 0.29) is 11.1 Å². The van der Waals surface area contributed by atoms with Crippen LogP contribution < -0.4 is 0 Å². The molecule has 1 aromatic rings. The van der Waals surface area contributed by atoms with E-state index in [1.165, 1.54) is 12.1 Å². The Labute approximate surface area is 97.0 Å². The molecule has 2 N–H and O–H groups in total. The summed E-state index contributed by atoms with van der Waals surface area (Å²) in [5, 5.41) is 18.3. The first kappa shape index (κ1) is 11.7. The highest BCUT2D eigenvalue weighted by Gasteiger charge is 2.37. The molecule has 0 unspecified atom stereocenters. The van der Waals surface area contributed by atoms with Crippen LogP contribution >= 0.6 is 0 Å². The minimum Gasteiger partial charge on any atom is -0.393 e. The highest BCUT2D eigenvalue weighted by Crippen LogP contribution is 2.23. The normalized spacial score (nSPS) is 14.6. The third-order valence-electron chi connectivity index (χ3n) is 2.42. The number of aliphatic hydroxyl groups is 2. The molecule has 2 rings (SSSR count). The lowest BCUT2D eigenvalue weighted by Crippen LogP contribution is -2.37. The van der Waals surface area contributed by atoms with Crippen molar-refractivity contribution in [1.29, 1.82) is 0 Å². The van der Waals surface area contributed by atoms with E-state index >= 15 is 0 Å². The predicted octanol–water partition coefficient (Wildman–Crippen LogP) is -0.433. The van der Waals surface area contributed by atoms with Gasteiger partial charge in [-0.25, -0.2) is 0 Å². The van der Waals surface area contributed by atoms with E-state index in [1.807, 2.05) is 0 Å². The Balaban J connectivity index is 2.24. The Bertz CT molecular complexity index is 420. The smallest absolute Gasteiger partial charge is 0.285 e. The molecule has 17 heavy (non-hydrogen) atoms. The lowest BCUT2D eigenvalue weighted by atomic mass is 10.1. The summed E-state index contributed by atoms with van der Waals surface area (Å²) in [6.07, 6.45) is -0.989. The van der Waals surface area contributed by atoms with Crippen molar-refractivity contribution in [3.63, 3.8) is 0 Å². The highest BCUT2D eigenvalue weighted by atomic mass is 16.7. The van der Waals surface area contributed by atoms with Crippen LogP contribution in [0, 0.1) is 0 Å². The summed E-state index contributed by atoms with van der Waals surface area (Å²) in [5.41, 5.74) is 0.513. The summed E-state index contributed by atoms with van der Waals surface area (Å²) >= 11 is 0. The van der Waals surface area contributed by atoms with Gasteiger partial charge >= 0.3 is 0 Å². The fourth-order valence-electron chi connectivity index (χ4n) is 1.54. The zero-order chi connectivity index (χ0) is 12.4. The Morgan fingerprint density at radius 1 is 1.06 bits per heavy atom. The fraction of sp³-hybridized carbons (Fsp3) is 0.273. The van der Waals surface area contributed by atoms with Gasteiger partial charge in [0.05, 0.1) is 24.3 Å². The molecule has 90 valence electrons. The van der Waals surface area contributed by atoms with E-state index in [1.54, 1.807) is 12.1 Å². The van der Waals surface area contributed by atoms with E-state index in [0.29, 0.717) is 5.06 Å². The van der Waals surface area contributed by atoms with Crippen LogP contribution in [0.4, 0.5) is 0 Å². The number of fused-ring (bicyclic) bond motifs is 1. The Morgan fingerprint density at radius 2 is 1.53 bits per heavy atom. The molecule has 0 saturated heterocycles. The number of rotatable bonds is 4. The zero-order valence-corrected chi connectivity index (χ0v) is 8.87. The summed E-state index contributed by atoms with van der Waals surface area (Å²) in [6.45, 7) is -0.964. The van der Waals surface area contributed by atoms with Crippen LogP contribution in [-0.2, 0) is 4.84 Å². The molecule has 0 saturated carbocycles. The van der Waals surface area contributed by atoms with Crippen LogP contribution in [0.5, 0.6) is 0 Å². The average molecular weight is 237 g/mol. The fourth-order valence-corrected chi connectivity index (χ4v) is 1.54. The van der Waals surface area contributed by atoms with Crippen LogP contribution in [0.1, 0.15) is 20.7 Å². The number of hydrogen-bond acceptors (Lipinski definition) is 5.